The molecule has 1 aliphatic heterocycles. The van der Waals surface area contributed by atoms with Gasteiger partial charge in [0.25, 0.3) is 0 Å². The molecule has 0 spiro atoms. The van der Waals surface area contributed by atoms with Crippen LogP contribution in [-0.4, -0.2) is 65.3 Å². The first-order valence-corrected chi connectivity index (χ1v) is 7.11. The molecule has 6 heteroatoms. The average molecular weight is 286 g/mol. The maximum absolute atomic E-state index is 12.6. The number of hydrogen-bond donors (Lipinski definition) is 1. The van der Waals surface area contributed by atoms with E-state index in [-0.39, 0.29) is 30.8 Å². The summed E-state index contributed by atoms with van der Waals surface area (Å²) < 4.78 is 5.26. The van der Waals surface area contributed by atoms with Gasteiger partial charge in [0.05, 0.1) is 19.3 Å². The van der Waals surface area contributed by atoms with Crippen molar-refractivity contribution in [1.29, 1.82) is 0 Å². The van der Waals surface area contributed by atoms with Crippen molar-refractivity contribution in [3.05, 3.63) is 0 Å². The van der Waals surface area contributed by atoms with Crippen LogP contribution in [0.3, 0.4) is 0 Å². The highest BCUT2D eigenvalue weighted by molar-refractivity contribution is 5.77. The number of urea groups is 1. The van der Waals surface area contributed by atoms with E-state index < -0.39 is 11.9 Å². The van der Waals surface area contributed by atoms with Crippen LogP contribution in [-0.2, 0) is 9.53 Å². The minimum absolute atomic E-state index is 0.138. The quantitative estimate of drug-likeness (QED) is 0.834. The molecule has 20 heavy (non-hydrogen) atoms. The van der Waals surface area contributed by atoms with Gasteiger partial charge in [0.15, 0.2) is 0 Å². The Balaban J connectivity index is 2.90. The fourth-order valence-electron chi connectivity index (χ4n) is 2.29. The predicted molar refractivity (Wildman–Crippen MR) is 75.6 cm³/mol. The van der Waals surface area contributed by atoms with Gasteiger partial charge in [-0.2, -0.15) is 0 Å². The molecule has 2 atom stereocenters. The predicted octanol–water partition coefficient (Wildman–Crippen LogP) is 1.65. The monoisotopic (exact) mass is 286 g/mol. The lowest BCUT2D eigenvalue weighted by molar-refractivity contribution is -0.142. The second kappa shape index (κ2) is 6.43. The number of amides is 2. The number of hydrogen-bond acceptors (Lipinski definition) is 3. The molecule has 1 rings (SSSR count). The molecule has 0 bridgehead atoms. The third-order valence-corrected chi connectivity index (χ3v) is 4.41. The zero-order valence-corrected chi connectivity index (χ0v) is 13.0. The first-order valence-electron chi connectivity index (χ1n) is 7.11. The second-order valence-corrected chi connectivity index (χ2v) is 5.84. The molecule has 0 saturated carbocycles. The van der Waals surface area contributed by atoms with Crippen LogP contribution in [0.15, 0.2) is 0 Å². The van der Waals surface area contributed by atoms with Gasteiger partial charge >= 0.3 is 12.0 Å². The summed E-state index contributed by atoms with van der Waals surface area (Å²) in [4.78, 5) is 27.2. The number of ether oxygens (including phenoxy) is 1. The normalized spacial score (nSPS) is 22.6. The number of carboxylic acid groups (broad SMARTS) is 1. The Morgan fingerprint density at radius 3 is 2.35 bits per heavy atom. The van der Waals surface area contributed by atoms with Crippen LogP contribution in [0.2, 0.25) is 0 Å². The van der Waals surface area contributed by atoms with Crippen LogP contribution in [0.5, 0.6) is 0 Å². The van der Waals surface area contributed by atoms with Gasteiger partial charge in [0.1, 0.15) is 5.92 Å². The number of aliphatic carboxylic acids is 1. The highest BCUT2D eigenvalue weighted by atomic mass is 16.5. The Labute approximate surface area is 120 Å². The van der Waals surface area contributed by atoms with Crippen molar-refractivity contribution >= 4 is 12.0 Å². The van der Waals surface area contributed by atoms with Crippen LogP contribution < -0.4 is 0 Å². The zero-order valence-electron chi connectivity index (χ0n) is 13.0. The fraction of sp³-hybridized carbons (Fsp3) is 0.857. The molecular weight excluding hydrogens is 260 g/mol. The first kappa shape index (κ1) is 16.8. The topological polar surface area (TPSA) is 70.1 Å². The molecule has 0 radical (unpaired) electrons. The Morgan fingerprint density at radius 2 is 1.90 bits per heavy atom. The lowest BCUT2D eigenvalue weighted by Gasteiger charge is -2.40. The molecule has 1 heterocycles. The SMILES string of the molecule is CCN(C(=O)N(C)C(C)(C)CC)C1COCC1C(=O)O. The van der Waals surface area contributed by atoms with E-state index in [0.717, 1.165) is 6.42 Å². The van der Waals surface area contributed by atoms with Crippen molar-refractivity contribution in [2.45, 2.75) is 45.7 Å². The summed E-state index contributed by atoms with van der Waals surface area (Å²) in [7, 11) is 1.76. The maximum atomic E-state index is 12.6. The second-order valence-electron chi connectivity index (χ2n) is 5.84. The van der Waals surface area contributed by atoms with Crippen molar-refractivity contribution in [2.24, 2.45) is 5.92 Å². The Kier molecular flexibility index (Phi) is 5.39. The molecule has 1 aliphatic rings. The largest absolute Gasteiger partial charge is 0.481 e. The minimum Gasteiger partial charge on any atom is -0.481 e. The van der Waals surface area contributed by atoms with Gasteiger partial charge in [-0.3, -0.25) is 4.79 Å². The van der Waals surface area contributed by atoms with Crippen molar-refractivity contribution in [3.63, 3.8) is 0 Å². The number of carboxylic acids is 1. The van der Waals surface area contributed by atoms with Crippen molar-refractivity contribution in [3.8, 4) is 0 Å². The third-order valence-electron chi connectivity index (χ3n) is 4.41. The number of rotatable bonds is 5. The van der Waals surface area contributed by atoms with Crippen molar-refractivity contribution in [2.75, 3.05) is 26.8 Å². The minimum atomic E-state index is -0.906. The Hall–Kier alpha value is -1.30. The van der Waals surface area contributed by atoms with E-state index in [2.05, 4.69) is 0 Å². The molecule has 1 saturated heterocycles. The lowest BCUT2D eigenvalue weighted by Crippen LogP contribution is -2.55. The summed E-state index contributed by atoms with van der Waals surface area (Å²) in [5, 5.41) is 9.22. The van der Waals surface area contributed by atoms with Gasteiger partial charge in [-0.25, -0.2) is 4.79 Å². The van der Waals surface area contributed by atoms with Crippen LogP contribution >= 0.6 is 0 Å². The standard InChI is InChI=1S/C14H26N2O4/c1-6-14(3,4)15(5)13(19)16(7-2)11-9-20-8-10(11)12(17)18/h10-11H,6-9H2,1-5H3,(H,17,18). The molecule has 0 aromatic rings. The summed E-state index contributed by atoms with van der Waals surface area (Å²) in [6.07, 6.45) is 0.830. The fourth-order valence-corrected chi connectivity index (χ4v) is 2.29. The number of likely N-dealkylation sites (N-methyl/N-ethyl adjacent to an activating group) is 1. The van der Waals surface area contributed by atoms with Crippen molar-refractivity contribution < 1.29 is 19.4 Å². The maximum Gasteiger partial charge on any atom is 0.320 e. The summed E-state index contributed by atoms with van der Waals surface area (Å²) in [6, 6.07) is -0.527. The highest BCUT2D eigenvalue weighted by Gasteiger charge is 2.41. The summed E-state index contributed by atoms with van der Waals surface area (Å²) >= 11 is 0. The van der Waals surface area contributed by atoms with E-state index in [9.17, 15) is 14.7 Å². The molecule has 116 valence electrons. The van der Waals surface area contributed by atoms with Crippen LogP contribution in [0.25, 0.3) is 0 Å². The van der Waals surface area contributed by atoms with E-state index in [1.165, 1.54) is 0 Å². The highest BCUT2D eigenvalue weighted by Crippen LogP contribution is 2.24. The summed E-state index contributed by atoms with van der Waals surface area (Å²) in [5.41, 5.74) is -0.261. The average Bonchev–Trinajstić information content (AvgIpc) is 2.87. The summed E-state index contributed by atoms with van der Waals surface area (Å²) in [5.74, 6) is -1.55. The van der Waals surface area contributed by atoms with Crippen molar-refractivity contribution in [1.82, 2.24) is 9.80 Å². The summed E-state index contributed by atoms with van der Waals surface area (Å²) in [6.45, 7) is 8.82. The van der Waals surface area contributed by atoms with E-state index >= 15 is 0 Å². The van der Waals surface area contributed by atoms with E-state index in [4.69, 9.17) is 4.74 Å². The molecule has 2 amide bonds. The van der Waals surface area contributed by atoms with E-state index in [0.29, 0.717) is 6.54 Å². The molecule has 1 N–H and O–H groups in total. The van der Waals surface area contributed by atoms with Crippen LogP contribution in [0, 0.1) is 5.92 Å². The van der Waals surface area contributed by atoms with Gasteiger partial charge in [0.2, 0.25) is 0 Å². The Bertz CT molecular complexity index is 370. The van der Waals surface area contributed by atoms with E-state index in [1.807, 2.05) is 27.7 Å². The smallest absolute Gasteiger partial charge is 0.320 e. The van der Waals surface area contributed by atoms with Gasteiger partial charge in [-0.1, -0.05) is 6.92 Å². The van der Waals surface area contributed by atoms with Gasteiger partial charge < -0.3 is 19.6 Å². The number of nitrogens with zero attached hydrogens (tertiary/aromatic N) is 2. The molecule has 1 fully saturated rings. The molecule has 0 aromatic heterocycles. The Morgan fingerprint density at radius 1 is 1.30 bits per heavy atom. The molecule has 6 nitrogen and oxygen atoms in total. The number of carbonyl (C=O) groups is 2. The zero-order chi connectivity index (χ0) is 15.5. The molecule has 0 aromatic carbocycles. The van der Waals surface area contributed by atoms with Crippen LogP contribution in [0.1, 0.15) is 34.1 Å². The lowest BCUT2D eigenvalue weighted by atomic mass is 9.99. The molecular formula is C14H26N2O4. The molecule has 2 unspecified atom stereocenters. The van der Waals surface area contributed by atoms with Crippen LogP contribution in [0.4, 0.5) is 4.79 Å². The van der Waals surface area contributed by atoms with E-state index in [1.54, 1.807) is 16.8 Å². The van der Waals surface area contributed by atoms with Gasteiger partial charge in [-0.15, -0.1) is 0 Å². The van der Waals surface area contributed by atoms with Gasteiger partial charge in [0, 0.05) is 19.1 Å². The number of carbonyl (C=O) groups excluding carboxylic acids is 1. The molecule has 0 aliphatic carbocycles. The first-order chi connectivity index (χ1) is 9.26. The third kappa shape index (κ3) is 3.23. The van der Waals surface area contributed by atoms with Gasteiger partial charge in [-0.05, 0) is 27.2 Å².